The third-order valence-electron chi connectivity index (χ3n) is 3.25. The Morgan fingerprint density at radius 2 is 2.00 bits per heavy atom. The predicted molar refractivity (Wildman–Crippen MR) is 86.8 cm³/mol. The van der Waals surface area contributed by atoms with E-state index in [1.165, 1.54) is 18.0 Å². The van der Waals surface area contributed by atoms with Crippen LogP contribution in [-0.4, -0.2) is 49.4 Å². The lowest BCUT2D eigenvalue weighted by atomic mass is 10.1. The molecule has 7 heteroatoms. The highest BCUT2D eigenvalue weighted by Gasteiger charge is 2.17. The molecule has 0 atom stereocenters. The summed E-state index contributed by atoms with van der Waals surface area (Å²) >= 11 is 0. The number of nitrogens with zero attached hydrogens (tertiary/aromatic N) is 1. The number of hydrogen-bond donors (Lipinski definition) is 2. The summed E-state index contributed by atoms with van der Waals surface area (Å²) in [5, 5.41) is 2.67. The van der Waals surface area contributed by atoms with E-state index >= 15 is 0 Å². The van der Waals surface area contributed by atoms with Crippen LogP contribution in [0.5, 0.6) is 0 Å². The summed E-state index contributed by atoms with van der Waals surface area (Å²) in [4.78, 5) is 36.6. The Bertz CT molecular complexity index is 587. The number of ether oxygens (including phenoxy) is 1. The number of benzene rings is 1. The first kappa shape index (κ1) is 18.5. The fraction of sp³-hybridized carbons (Fsp3) is 0.438. The first-order chi connectivity index (χ1) is 10.9. The van der Waals surface area contributed by atoms with E-state index in [9.17, 15) is 14.4 Å². The van der Waals surface area contributed by atoms with Crippen LogP contribution in [0.15, 0.2) is 18.2 Å². The normalized spacial score (nSPS) is 10.0. The number of aryl methyl sites for hydroxylation is 1. The Hall–Kier alpha value is -2.57. The number of nitrogen functional groups attached to an aromatic ring is 1. The maximum atomic E-state index is 12.0. The van der Waals surface area contributed by atoms with Gasteiger partial charge in [-0.1, -0.05) is 19.1 Å². The number of nitrogens with one attached hydrogen (secondary N) is 1. The summed E-state index contributed by atoms with van der Waals surface area (Å²) in [5.74, 6) is -1.38. The number of amides is 2. The van der Waals surface area contributed by atoms with Crippen LogP contribution in [0.4, 0.5) is 5.69 Å². The average molecular weight is 321 g/mol. The molecule has 0 spiro atoms. The quantitative estimate of drug-likeness (QED) is 0.569. The van der Waals surface area contributed by atoms with Crippen LogP contribution >= 0.6 is 0 Å². The molecule has 0 unspecified atom stereocenters. The smallest absolute Gasteiger partial charge is 0.340 e. The Morgan fingerprint density at radius 1 is 1.30 bits per heavy atom. The van der Waals surface area contributed by atoms with Crippen molar-refractivity contribution in [2.45, 2.75) is 20.3 Å². The van der Waals surface area contributed by atoms with Crippen molar-refractivity contribution >= 4 is 23.5 Å². The van der Waals surface area contributed by atoms with Gasteiger partial charge in [-0.2, -0.15) is 0 Å². The zero-order valence-electron chi connectivity index (χ0n) is 13.7. The molecule has 0 aliphatic heterocycles. The molecule has 0 fully saturated rings. The van der Waals surface area contributed by atoms with Gasteiger partial charge in [-0.25, -0.2) is 4.79 Å². The van der Waals surface area contributed by atoms with Gasteiger partial charge >= 0.3 is 5.97 Å². The zero-order valence-corrected chi connectivity index (χ0v) is 13.7. The lowest BCUT2D eigenvalue weighted by Crippen LogP contribution is -2.40. The first-order valence-corrected chi connectivity index (χ1v) is 7.39. The summed E-state index contributed by atoms with van der Waals surface area (Å²) in [7, 11) is 1.47. The van der Waals surface area contributed by atoms with Gasteiger partial charge in [-0.05, 0) is 25.0 Å². The van der Waals surface area contributed by atoms with E-state index in [-0.39, 0.29) is 18.0 Å². The molecule has 1 aromatic carbocycles. The number of anilines is 1. The van der Waals surface area contributed by atoms with Gasteiger partial charge in [-0.3, -0.25) is 9.59 Å². The van der Waals surface area contributed by atoms with Crippen LogP contribution in [0.2, 0.25) is 0 Å². The van der Waals surface area contributed by atoms with Crippen molar-refractivity contribution in [1.29, 1.82) is 0 Å². The molecule has 0 aliphatic carbocycles. The molecule has 23 heavy (non-hydrogen) atoms. The molecule has 3 N–H and O–H groups in total. The molecule has 0 saturated heterocycles. The molecule has 1 rings (SSSR count). The van der Waals surface area contributed by atoms with Crippen molar-refractivity contribution in [3.05, 3.63) is 29.3 Å². The highest BCUT2D eigenvalue weighted by Crippen LogP contribution is 2.17. The van der Waals surface area contributed by atoms with Crippen molar-refractivity contribution in [3.63, 3.8) is 0 Å². The van der Waals surface area contributed by atoms with Gasteiger partial charge in [0, 0.05) is 19.3 Å². The van der Waals surface area contributed by atoms with E-state index in [0.717, 1.165) is 12.0 Å². The summed E-state index contributed by atoms with van der Waals surface area (Å²) in [6, 6.07) is 5.01. The van der Waals surface area contributed by atoms with Gasteiger partial charge in [0.25, 0.3) is 5.91 Å². The third kappa shape index (κ3) is 5.61. The van der Waals surface area contributed by atoms with Crippen LogP contribution in [0, 0.1) is 6.92 Å². The Balaban J connectivity index is 2.50. The summed E-state index contributed by atoms with van der Waals surface area (Å²) < 4.78 is 4.97. The van der Waals surface area contributed by atoms with Crippen LogP contribution in [0.1, 0.15) is 29.3 Å². The molecule has 0 heterocycles. The Labute approximate surface area is 135 Å². The maximum Gasteiger partial charge on any atom is 0.340 e. The maximum absolute atomic E-state index is 12.0. The van der Waals surface area contributed by atoms with E-state index in [0.29, 0.717) is 12.2 Å². The van der Waals surface area contributed by atoms with E-state index in [2.05, 4.69) is 5.32 Å². The molecule has 126 valence electrons. The molecule has 0 bridgehead atoms. The lowest BCUT2D eigenvalue weighted by molar-refractivity contribution is -0.137. The minimum atomic E-state index is -0.664. The van der Waals surface area contributed by atoms with Crippen LogP contribution in [0.25, 0.3) is 0 Å². The van der Waals surface area contributed by atoms with Crippen molar-refractivity contribution in [3.8, 4) is 0 Å². The predicted octanol–water partition coefficient (Wildman–Crippen LogP) is 0.719. The molecular weight excluding hydrogens is 298 g/mol. The Kier molecular flexibility index (Phi) is 7.05. The second-order valence-corrected chi connectivity index (χ2v) is 5.21. The Morgan fingerprint density at radius 3 is 2.65 bits per heavy atom. The molecular formula is C16H23N3O4. The fourth-order valence-electron chi connectivity index (χ4n) is 1.80. The number of carbonyl (C=O) groups excluding carboxylic acids is 3. The van der Waals surface area contributed by atoms with Gasteiger partial charge in [0.15, 0.2) is 6.61 Å². The topological polar surface area (TPSA) is 102 Å². The number of carbonyl (C=O) groups is 3. The average Bonchev–Trinajstić information content (AvgIpc) is 2.52. The second kappa shape index (κ2) is 8.77. The first-order valence-electron chi connectivity index (χ1n) is 7.39. The summed E-state index contributed by atoms with van der Waals surface area (Å²) in [5.41, 5.74) is 7.13. The standard InChI is InChI=1S/C16H23N3O4/c1-4-8-18-13(20)9-19(3)14(21)10-23-16(22)12-7-5-6-11(2)15(12)17/h5-7H,4,8-10,17H2,1-3H3,(H,18,20). The molecule has 0 radical (unpaired) electrons. The number of nitrogens with two attached hydrogens (primary N) is 1. The van der Waals surface area contributed by atoms with Crippen molar-refractivity contribution in [2.75, 3.05) is 32.5 Å². The minimum absolute atomic E-state index is 0.0804. The van der Waals surface area contributed by atoms with Gasteiger partial charge in [0.2, 0.25) is 5.91 Å². The van der Waals surface area contributed by atoms with E-state index in [4.69, 9.17) is 10.5 Å². The van der Waals surface area contributed by atoms with Gasteiger partial charge in [-0.15, -0.1) is 0 Å². The zero-order chi connectivity index (χ0) is 17.4. The van der Waals surface area contributed by atoms with Crippen molar-refractivity contribution < 1.29 is 19.1 Å². The number of hydrogen-bond acceptors (Lipinski definition) is 5. The molecule has 0 saturated carbocycles. The van der Waals surface area contributed by atoms with Gasteiger partial charge in [0.05, 0.1) is 12.1 Å². The number of rotatable bonds is 7. The van der Waals surface area contributed by atoms with Gasteiger partial charge in [0.1, 0.15) is 0 Å². The largest absolute Gasteiger partial charge is 0.452 e. The minimum Gasteiger partial charge on any atom is -0.452 e. The SMILES string of the molecule is CCCNC(=O)CN(C)C(=O)COC(=O)c1cccc(C)c1N. The molecule has 7 nitrogen and oxygen atoms in total. The molecule has 2 amide bonds. The van der Waals surface area contributed by atoms with E-state index < -0.39 is 18.5 Å². The van der Waals surface area contributed by atoms with Crippen LogP contribution in [0.3, 0.4) is 0 Å². The monoisotopic (exact) mass is 321 g/mol. The third-order valence-corrected chi connectivity index (χ3v) is 3.25. The van der Waals surface area contributed by atoms with E-state index in [1.54, 1.807) is 19.1 Å². The van der Waals surface area contributed by atoms with Crippen molar-refractivity contribution in [1.82, 2.24) is 10.2 Å². The summed E-state index contributed by atoms with van der Waals surface area (Å²) in [6.45, 7) is 3.75. The van der Waals surface area contributed by atoms with Gasteiger partial charge < -0.3 is 20.7 Å². The molecule has 0 aliphatic rings. The molecule has 0 aromatic heterocycles. The fourth-order valence-corrected chi connectivity index (χ4v) is 1.80. The summed E-state index contributed by atoms with van der Waals surface area (Å²) in [6.07, 6.45) is 0.818. The second-order valence-electron chi connectivity index (χ2n) is 5.21. The number of esters is 1. The highest BCUT2D eigenvalue weighted by molar-refractivity contribution is 5.97. The number of para-hydroxylation sites is 1. The number of likely N-dealkylation sites (N-methyl/N-ethyl adjacent to an activating group) is 1. The molecule has 1 aromatic rings. The van der Waals surface area contributed by atoms with Crippen LogP contribution in [-0.2, 0) is 14.3 Å². The lowest BCUT2D eigenvalue weighted by Gasteiger charge is -2.17. The van der Waals surface area contributed by atoms with E-state index in [1.807, 2.05) is 6.92 Å². The van der Waals surface area contributed by atoms with Crippen molar-refractivity contribution in [2.24, 2.45) is 0 Å². The van der Waals surface area contributed by atoms with Crippen LogP contribution < -0.4 is 11.1 Å². The highest BCUT2D eigenvalue weighted by atomic mass is 16.5.